The Morgan fingerprint density at radius 2 is 2.07 bits per heavy atom. The number of nitrogens with two attached hydrogens (primary N) is 1. The second-order valence-electron chi connectivity index (χ2n) is 7.39. The zero-order chi connectivity index (χ0) is 18.6. The number of hydrogen-bond acceptors (Lipinski definition) is 6. The Labute approximate surface area is 159 Å². The number of nitrogens with zero attached hydrogens (tertiary/aromatic N) is 3. The van der Waals surface area contributed by atoms with E-state index in [0.29, 0.717) is 18.7 Å². The lowest BCUT2D eigenvalue weighted by Gasteiger charge is -2.39. The maximum atomic E-state index is 12.9. The first kappa shape index (κ1) is 16.4. The zero-order valence-corrected chi connectivity index (χ0v) is 15.5. The van der Waals surface area contributed by atoms with Gasteiger partial charge in [0.2, 0.25) is 5.95 Å². The molecule has 138 valence electrons. The molecule has 3 N–H and O–H groups in total. The van der Waals surface area contributed by atoms with Gasteiger partial charge in [-0.05, 0) is 43.9 Å². The first-order valence-corrected chi connectivity index (χ1v) is 9.95. The second-order valence-corrected chi connectivity index (χ2v) is 8.27. The number of fused-ring (bicyclic) bond motifs is 3. The number of carbonyl (C=O) groups is 1. The highest BCUT2D eigenvalue weighted by atomic mass is 32.1. The average Bonchev–Trinajstić information content (AvgIpc) is 3.27. The van der Waals surface area contributed by atoms with E-state index in [1.807, 2.05) is 23.1 Å². The van der Waals surface area contributed by atoms with Gasteiger partial charge in [0, 0.05) is 29.6 Å². The SMILES string of the molecule is Nc1nc2c(c(=O)[nH]1)CCC21CCN(C(=O)c2ccc3ncsc3c2)CC1. The topological polar surface area (TPSA) is 105 Å². The van der Waals surface area contributed by atoms with Crippen molar-refractivity contribution in [3.63, 3.8) is 0 Å². The molecule has 1 fully saturated rings. The number of H-pyrrole nitrogens is 1. The van der Waals surface area contributed by atoms with Crippen LogP contribution in [0.4, 0.5) is 5.95 Å². The summed E-state index contributed by atoms with van der Waals surface area (Å²) < 4.78 is 1.03. The smallest absolute Gasteiger partial charge is 0.255 e. The highest BCUT2D eigenvalue weighted by Gasteiger charge is 2.44. The lowest BCUT2D eigenvalue weighted by atomic mass is 9.76. The van der Waals surface area contributed by atoms with Crippen LogP contribution in [-0.4, -0.2) is 38.8 Å². The van der Waals surface area contributed by atoms with Crippen molar-refractivity contribution in [1.29, 1.82) is 0 Å². The van der Waals surface area contributed by atoms with E-state index in [0.717, 1.165) is 47.2 Å². The summed E-state index contributed by atoms with van der Waals surface area (Å²) in [6.45, 7) is 1.32. The summed E-state index contributed by atoms with van der Waals surface area (Å²) in [7, 11) is 0. The predicted molar refractivity (Wildman–Crippen MR) is 104 cm³/mol. The summed E-state index contributed by atoms with van der Waals surface area (Å²) in [4.78, 5) is 38.3. The summed E-state index contributed by atoms with van der Waals surface area (Å²) in [6.07, 6.45) is 3.25. The molecule has 1 amide bonds. The molecule has 27 heavy (non-hydrogen) atoms. The number of aromatic nitrogens is 3. The highest BCUT2D eigenvalue weighted by molar-refractivity contribution is 7.16. The van der Waals surface area contributed by atoms with Crippen LogP contribution in [0.15, 0.2) is 28.5 Å². The van der Waals surface area contributed by atoms with Gasteiger partial charge >= 0.3 is 0 Å². The number of thiazole rings is 1. The minimum absolute atomic E-state index is 0.0525. The number of amides is 1. The fourth-order valence-corrected chi connectivity index (χ4v) is 5.18. The Morgan fingerprint density at radius 1 is 1.26 bits per heavy atom. The van der Waals surface area contributed by atoms with E-state index in [1.54, 1.807) is 16.8 Å². The van der Waals surface area contributed by atoms with Crippen LogP contribution >= 0.6 is 11.3 Å². The third-order valence-corrected chi connectivity index (χ3v) is 6.77. The molecule has 1 aliphatic heterocycles. The average molecular weight is 381 g/mol. The highest BCUT2D eigenvalue weighted by Crippen LogP contribution is 2.44. The Morgan fingerprint density at radius 3 is 2.89 bits per heavy atom. The van der Waals surface area contributed by atoms with E-state index in [-0.39, 0.29) is 22.8 Å². The molecule has 0 saturated carbocycles. The lowest BCUT2D eigenvalue weighted by Crippen LogP contribution is -2.44. The summed E-state index contributed by atoms with van der Waals surface area (Å²) in [6, 6.07) is 5.67. The maximum Gasteiger partial charge on any atom is 0.255 e. The van der Waals surface area contributed by atoms with Gasteiger partial charge in [-0.2, -0.15) is 0 Å². The number of carbonyl (C=O) groups excluding carboxylic acids is 1. The van der Waals surface area contributed by atoms with Gasteiger partial charge in [-0.25, -0.2) is 9.97 Å². The van der Waals surface area contributed by atoms with Gasteiger partial charge in [-0.1, -0.05) is 0 Å². The molecule has 8 heteroatoms. The lowest BCUT2D eigenvalue weighted by molar-refractivity contribution is 0.0663. The molecule has 1 saturated heterocycles. The number of nitrogen functional groups attached to an aromatic ring is 1. The second kappa shape index (κ2) is 5.88. The van der Waals surface area contributed by atoms with E-state index in [9.17, 15) is 9.59 Å². The van der Waals surface area contributed by atoms with Gasteiger partial charge in [0.15, 0.2) is 0 Å². The molecular formula is C19H19N5O2S. The minimum atomic E-state index is -0.129. The van der Waals surface area contributed by atoms with Crippen molar-refractivity contribution in [3.05, 3.63) is 50.9 Å². The van der Waals surface area contributed by atoms with E-state index in [1.165, 1.54) is 0 Å². The van der Waals surface area contributed by atoms with Crippen molar-refractivity contribution in [1.82, 2.24) is 19.9 Å². The number of benzene rings is 1. The Bertz CT molecular complexity index is 1110. The quantitative estimate of drug-likeness (QED) is 0.671. The number of piperidine rings is 1. The molecular weight excluding hydrogens is 362 g/mol. The van der Waals surface area contributed by atoms with Gasteiger partial charge in [-0.15, -0.1) is 11.3 Å². The summed E-state index contributed by atoms with van der Waals surface area (Å²) in [5.74, 6) is 0.230. The van der Waals surface area contributed by atoms with Crippen LogP contribution < -0.4 is 11.3 Å². The first-order chi connectivity index (χ1) is 13.1. The predicted octanol–water partition coefficient (Wildman–Crippen LogP) is 2.08. The molecule has 3 aromatic rings. The van der Waals surface area contributed by atoms with E-state index in [4.69, 9.17) is 5.73 Å². The molecule has 1 aliphatic carbocycles. The van der Waals surface area contributed by atoms with E-state index < -0.39 is 0 Å². The number of hydrogen-bond donors (Lipinski definition) is 2. The standard InChI is InChI=1S/C19H19N5O2S/c20-18-22-15-12(16(25)23-18)3-4-19(15)5-7-24(8-6-19)17(26)11-1-2-13-14(9-11)27-10-21-13/h1-2,9-10H,3-8H2,(H3,20,22,23,25). The van der Waals surface area contributed by atoms with Crippen LogP contribution in [0.2, 0.25) is 0 Å². The molecule has 1 aromatic carbocycles. The van der Waals surface area contributed by atoms with Crippen LogP contribution in [0.5, 0.6) is 0 Å². The zero-order valence-electron chi connectivity index (χ0n) is 14.7. The molecule has 1 spiro atoms. The molecule has 3 heterocycles. The fourth-order valence-electron chi connectivity index (χ4n) is 4.46. The molecule has 7 nitrogen and oxygen atoms in total. The molecule has 0 atom stereocenters. The molecule has 5 rings (SSSR count). The van der Waals surface area contributed by atoms with Crippen molar-refractivity contribution in [2.24, 2.45) is 0 Å². The molecule has 0 radical (unpaired) electrons. The number of rotatable bonds is 1. The van der Waals surface area contributed by atoms with Crippen molar-refractivity contribution in [3.8, 4) is 0 Å². The van der Waals surface area contributed by atoms with Gasteiger partial charge < -0.3 is 10.6 Å². The van der Waals surface area contributed by atoms with E-state index in [2.05, 4.69) is 15.0 Å². The van der Waals surface area contributed by atoms with Crippen LogP contribution in [0, 0.1) is 0 Å². The van der Waals surface area contributed by atoms with Gasteiger partial charge in [0.25, 0.3) is 11.5 Å². The van der Waals surface area contributed by atoms with Crippen LogP contribution in [0.3, 0.4) is 0 Å². The molecule has 2 aliphatic rings. The van der Waals surface area contributed by atoms with Crippen molar-refractivity contribution in [2.75, 3.05) is 18.8 Å². The van der Waals surface area contributed by atoms with Crippen LogP contribution in [0.1, 0.15) is 40.9 Å². The number of nitrogens with one attached hydrogen (secondary N) is 1. The summed E-state index contributed by atoms with van der Waals surface area (Å²) in [5, 5.41) is 0. The largest absolute Gasteiger partial charge is 0.369 e. The minimum Gasteiger partial charge on any atom is -0.369 e. The third-order valence-electron chi connectivity index (χ3n) is 5.98. The molecule has 2 aromatic heterocycles. The van der Waals surface area contributed by atoms with Crippen LogP contribution in [-0.2, 0) is 11.8 Å². The third kappa shape index (κ3) is 2.55. The van der Waals surface area contributed by atoms with E-state index >= 15 is 0 Å². The number of aromatic amines is 1. The molecule has 0 unspecified atom stereocenters. The Hall–Kier alpha value is -2.74. The van der Waals surface area contributed by atoms with Gasteiger partial charge in [-0.3, -0.25) is 14.6 Å². The Balaban J connectivity index is 1.38. The molecule has 0 bridgehead atoms. The van der Waals surface area contributed by atoms with Crippen molar-refractivity contribution >= 4 is 33.4 Å². The van der Waals surface area contributed by atoms with Crippen LogP contribution in [0.25, 0.3) is 10.2 Å². The monoisotopic (exact) mass is 381 g/mol. The van der Waals surface area contributed by atoms with Gasteiger partial charge in [0.05, 0.1) is 21.4 Å². The number of anilines is 1. The summed E-state index contributed by atoms with van der Waals surface area (Å²) in [5.41, 5.74) is 10.6. The first-order valence-electron chi connectivity index (χ1n) is 9.07. The van der Waals surface area contributed by atoms with Crippen molar-refractivity contribution in [2.45, 2.75) is 31.1 Å². The summed E-state index contributed by atoms with van der Waals surface area (Å²) >= 11 is 1.54. The maximum absolute atomic E-state index is 12.9. The Kier molecular flexibility index (Phi) is 3.58. The van der Waals surface area contributed by atoms with Crippen molar-refractivity contribution < 1.29 is 4.79 Å². The normalized spacial score (nSPS) is 18.1. The fraction of sp³-hybridized carbons (Fsp3) is 0.368. The number of likely N-dealkylation sites (tertiary alicyclic amines) is 1. The van der Waals surface area contributed by atoms with Gasteiger partial charge in [0.1, 0.15) is 0 Å².